The van der Waals surface area contributed by atoms with Crippen LogP contribution in [0.15, 0.2) is 0 Å². The molecule has 0 radical (unpaired) electrons. The lowest BCUT2D eigenvalue weighted by molar-refractivity contribution is -0.133. The summed E-state index contributed by atoms with van der Waals surface area (Å²) in [6.45, 7) is 0. The molecule has 80 valence electrons. The number of hydrogen-bond donors (Lipinski definition) is 0. The fourth-order valence-electron chi connectivity index (χ4n) is 1.46. The van der Waals surface area contributed by atoms with E-state index in [0.717, 1.165) is 12.8 Å². The number of carbonyl (C=O) groups is 2. The van der Waals surface area contributed by atoms with Gasteiger partial charge in [0.1, 0.15) is 0 Å². The van der Waals surface area contributed by atoms with Gasteiger partial charge in [-0.25, -0.2) is 0 Å². The van der Waals surface area contributed by atoms with E-state index in [9.17, 15) is 9.59 Å². The monoisotopic (exact) mass is 320 g/mol. The first-order valence-corrected chi connectivity index (χ1v) is 6.18. The van der Waals surface area contributed by atoms with Crippen molar-refractivity contribution in [3.8, 4) is 0 Å². The van der Waals surface area contributed by atoms with Gasteiger partial charge in [0.2, 0.25) is 3.79 Å². The van der Waals surface area contributed by atoms with Crippen molar-refractivity contribution in [2.75, 3.05) is 0 Å². The molecule has 1 unspecified atom stereocenters. The Kier molecular flexibility index (Phi) is 4.27. The third-order valence-electron chi connectivity index (χ3n) is 2.20. The molecular formula is C8H8BrCl3O2. The highest BCUT2D eigenvalue weighted by atomic mass is 79.9. The highest BCUT2D eigenvalue weighted by Crippen LogP contribution is 2.35. The van der Waals surface area contributed by atoms with Crippen LogP contribution in [0.2, 0.25) is 0 Å². The molecule has 0 aromatic carbocycles. The van der Waals surface area contributed by atoms with Crippen molar-refractivity contribution in [1.29, 1.82) is 0 Å². The summed E-state index contributed by atoms with van der Waals surface area (Å²) >= 11 is 19.5. The van der Waals surface area contributed by atoms with E-state index < -0.39 is 15.5 Å². The molecule has 0 heterocycles. The van der Waals surface area contributed by atoms with Crippen molar-refractivity contribution in [3.05, 3.63) is 0 Å². The molecular weight excluding hydrogens is 314 g/mol. The molecule has 1 saturated carbocycles. The zero-order valence-corrected chi connectivity index (χ0v) is 11.0. The molecule has 0 N–H and O–H groups in total. The van der Waals surface area contributed by atoms with Gasteiger partial charge in [0, 0.05) is 0 Å². The van der Waals surface area contributed by atoms with E-state index in [-0.39, 0.29) is 10.6 Å². The lowest BCUT2D eigenvalue weighted by Crippen LogP contribution is -2.39. The maximum absolute atomic E-state index is 11.6. The zero-order chi connectivity index (χ0) is 10.9. The molecule has 2 nitrogen and oxygen atoms in total. The molecule has 0 aromatic heterocycles. The Bertz CT molecular complexity index is 262. The SMILES string of the molecule is O=C1C(Br)CCC[C@@H]1C(=O)C(Cl)(Cl)Cl. The molecule has 1 fully saturated rings. The minimum atomic E-state index is -1.98. The summed E-state index contributed by atoms with van der Waals surface area (Å²) in [5, 5.41) is 0. The van der Waals surface area contributed by atoms with Crippen molar-refractivity contribution in [3.63, 3.8) is 0 Å². The standard InChI is InChI=1S/C8H8BrCl3O2/c9-5-3-1-2-4(6(5)13)7(14)8(10,11)12/h4-5H,1-3H2/t4-,5?/m0/s1. The van der Waals surface area contributed by atoms with Gasteiger partial charge in [0.05, 0.1) is 10.7 Å². The van der Waals surface area contributed by atoms with E-state index in [1.807, 2.05) is 0 Å². The maximum atomic E-state index is 11.6. The molecule has 1 aliphatic carbocycles. The van der Waals surface area contributed by atoms with Crippen LogP contribution in [0.3, 0.4) is 0 Å². The van der Waals surface area contributed by atoms with Gasteiger partial charge in [0.15, 0.2) is 11.6 Å². The minimum Gasteiger partial charge on any atom is -0.298 e. The summed E-state index contributed by atoms with van der Waals surface area (Å²) < 4.78 is -1.98. The van der Waals surface area contributed by atoms with Gasteiger partial charge in [-0.3, -0.25) is 9.59 Å². The van der Waals surface area contributed by atoms with Gasteiger partial charge in [0.25, 0.3) is 0 Å². The highest BCUT2D eigenvalue weighted by molar-refractivity contribution is 9.10. The van der Waals surface area contributed by atoms with Crippen molar-refractivity contribution >= 4 is 62.3 Å². The fourth-order valence-corrected chi connectivity index (χ4v) is 2.50. The Morgan fingerprint density at radius 1 is 1.36 bits per heavy atom. The normalized spacial score (nSPS) is 29.0. The summed E-state index contributed by atoms with van der Waals surface area (Å²) in [5.74, 6) is -1.55. The Hall–Kier alpha value is 0.690. The molecule has 0 amide bonds. The van der Waals surface area contributed by atoms with Crippen LogP contribution in [0.4, 0.5) is 0 Å². The molecule has 0 saturated heterocycles. The molecule has 0 bridgehead atoms. The van der Waals surface area contributed by atoms with E-state index in [1.165, 1.54) is 0 Å². The second kappa shape index (κ2) is 4.69. The van der Waals surface area contributed by atoms with Gasteiger partial charge in [-0.2, -0.15) is 0 Å². The molecule has 1 aliphatic rings. The van der Waals surface area contributed by atoms with Crippen LogP contribution in [0, 0.1) is 5.92 Å². The Labute approximate surface area is 105 Å². The summed E-state index contributed by atoms with van der Waals surface area (Å²) in [5.41, 5.74) is 0. The topological polar surface area (TPSA) is 34.1 Å². The molecule has 1 rings (SSSR count). The van der Waals surface area contributed by atoms with Crippen LogP contribution in [-0.2, 0) is 9.59 Å². The summed E-state index contributed by atoms with van der Waals surface area (Å²) in [6.07, 6.45) is 2.01. The van der Waals surface area contributed by atoms with Crippen LogP contribution in [-0.4, -0.2) is 20.2 Å². The predicted octanol–water partition coefficient (Wildman–Crippen LogP) is 3.06. The van der Waals surface area contributed by atoms with Crippen molar-refractivity contribution in [1.82, 2.24) is 0 Å². The summed E-state index contributed by atoms with van der Waals surface area (Å²) in [4.78, 5) is 22.8. The van der Waals surface area contributed by atoms with Crippen molar-refractivity contribution in [2.45, 2.75) is 27.9 Å². The van der Waals surface area contributed by atoms with E-state index in [2.05, 4.69) is 15.9 Å². The van der Waals surface area contributed by atoms with E-state index in [0.29, 0.717) is 6.42 Å². The molecule has 0 spiro atoms. The largest absolute Gasteiger partial charge is 0.298 e. The summed E-state index contributed by atoms with van der Waals surface area (Å²) in [7, 11) is 0. The Morgan fingerprint density at radius 3 is 2.43 bits per heavy atom. The number of Topliss-reactive ketones (excluding diaryl/α,β-unsaturated/α-hetero) is 2. The second-order valence-corrected chi connectivity index (χ2v) is 6.60. The molecule has 14 heavy (non-hydrogen) atoms. The first-order chi connectivity index (χ1) is 6.34. The number of hydrogen-bond acceptors (Lipinski definition) is 2. The van der Waals surface area contributed by atoms with Gasteiger partial charge in [-0.05, 0) is 12.8 Å². The second-order valence-electron chi connectivity index (χ2n) is 3.22. The third-order valence-corrected chi connectivity index (χ3v) is 3.67. The van der Waals surface area contributed by atoms with Gasteiger partial charge >= 0.3 is 0 Å². The lowest BCUT2D eigenvalue weighted by Gasteiger charge is -2.25. The first kappa shape index (κ1) is 12.8. The maximum Gasteiger partial charge on any atom is 0.249 e. The smallest absolute Gasteiger partial charge is 0.249 e. The zero-order valence-electron chi connectivity index (χ0n) is 7.10. The Morgan fingerprint density at radius 2 is 1.93 bits per heavy atom. The van der Waals surface area contributed by atoms with Gasteiger partial charge in [-0.15, -0.1) is 0 Å². The van der Waals surface area contributed by atoms with E-state index in [4.69, 9.17) is 34.8 Å². The number of ketones is 2. The number of carbonyl (C=O) groups excluding carboxylic acids is 2. The predicted molar refractivity (Wildman–Crippen MR) is 60.4 cm³/mol. The Balaban J connectivity index is 2.77. The first-order valence-electron chi connectivity index (χ1n) is 4.13. The average molecular weight is 322 g/mol. The van der Waals surface area contributed by atoms with Crippen LogP contribution in [0.5, 0.6) is 0 Å². The fraction of sp³-hybridized carbons (Fsp3) is 0.750. The number of rotatable bonds is 1. The van der Waals surface area contributed by atoms with Crippen LogP contribution in [0.1, 0.15) is 19.3 Å². The van der Waals surface area contributed by atoms with Crippen LogP contribution < -0.4 is 0 Å². The third kappa shape index (κ3) is 2.84. The van der Waals surface area contributed by atoms with Gasteiger partial charge < -0.3 is 0 Å². The average Bonchev–Trinajstić information content (AvgIpc) is 2.07. The highest BCUT2D eigenvalue weighted by Gasteiger charge is 2.43. The van der Waals surface area contributed by atoms with Gasteiger partial charge in [-0.1, -0.05) is 57.2 Å². The lowest BCUT2D eigenvalue weighted by atomic mass is 9.85. The van der Waals surface area contributed by atoms with E-state index in [1.54, 1.807) is 0 Å². The van der Waals surface area contributed by atoms with Crippen molar-refractivity contribution in [2.24, 2.45) is 5.92 Å². The molecule has 0 aromatic rings. The molecule has 2 atom stereocenters. The molecule has 0 aliphatic heterocycles. The van der Waals surface area contributed by atoms with Crippen LogP contribution in [0.25, 0.3) is 0 Å². The van der Waals surface area contributed by atoms with Crippen molar-refractivity contribution < 1.29 is 9.59 Å². The van der Waals surface area contributed by atoms with Crippen LogP contribution >= 0.6 is 50.7 Å². The number of halogens is 4. The molecule has 6 heteroatoms. The van der Waals surface area contributed by atoms with E-state index >= 15 is 0 Å². The minimum absolute atomic E-state index is 0.174. The number of alkyl halides is 4. The quantitative estimate of drug-likeness (QED) is 0.549. The summed E-state index contributed by atoms with van der Waals surface area (Å²) in [6, 6.07) is 0.